The van der Waals surface area contributed by atoms with Crippen molar-refractivity contribution >= 4 is 37.6 Å². The van der Waals surface area contributed by atoms with Crippen molar-refractivity contribution in [3.63, 3.8) is 0 Å². The Balaban J connectivity index is 1.82. The normalized spacial score (nSPS) is 13.4. The molecule has 2 aromatic carbocycles. The van der Waals surface area contributed by atoms with Gasteiger partial charge in [-0.25, -0.2) is 0 Å². The second-order valence-electron chi connectivity index (χ2n) is 7.20. The largest absolute Gasteiger partial charge is 0.573 e. The highest BCUT2D eigenvalue weighted by Gasteiger charge is 2.38. The van der Waals surface area contributed by atoms with Crippen molar-refractivity contribution in [2.75, 3.05) is 0 Å². The molecule has 0 fully saturated rings. The number of hydrogen-bond acceptors (Lipinski definition) is 5. The molecular formula is C20H16F6N2O5S2. The Labute approximate surface area is 198 Å². The Bertz CT molecular complexity index is 1390. The Morgan fingerprint density at radius 1 is 1.03 bits per heavy atom. The van der Waals surface area contributed by atoms with E-state index in [1.165, 1.54) is 34.9 Å². The zero-order chi connectivity index (χ0) is 26.0. The minimum Gasteiger partial charge on any atom is -0.406 e. The second kappa shape index (κ2) is 9.99. The summed E-state index contributed by atoms with van der Waals surface area (Å²) < 4.78 is 112. The van der Waals surface area contributed by atoms with E-state index in [-0.39, 0.29) is 26.5 Å². The molecule has 15 heteroatoms. The van der Waals surface area contributed by atoms with Gasteiger partial charge < -0.3 is 9.30 Å². The summed E-state index contributed by atoms with van der Waals surface area (Å²) >= 11 is 0.614. The number of unbranched alkanes of at least 4 members (excludes halogenated alkanes) is 1. The maximum absolute atomic E-state index is 12.7. The lowest BCUT2D eigenvalue weighted by atomic mass is 10.1. The minimum absolute atomic E-state index is 0.104. The molecule has 3 aromatic rings. The molecule has 1 heterocycles. The van der Waals surface area contributed by atoms with E-state index in [1.54, 1.807) is 0 Å². The number of ether oxygens (including phenoxy) is 1. The molecule has 0 radical (unpaired) electrons. The van der Waals surface area contributed by atoms with E-state index in [2.05, 4.69) is 9.73 Å². The van der Waals surface area contributed by atoms with E-state index in [4.69, 9.17) is 4.55 Å². The first-order chi connectivity index (χ1) is 16.1. The molecule has 0 atom stereocenters. The summed E-state index contributed by atoms with van der Waals surface area (Å²) in [5.41, 5.74) is 1.01. The molecule has 1 aromatic heterocycles. The molecule has 190 valence electrons. The predicted molar refractivity (Wildman–Crippen MR) is 112 cm³/mol. The van der Waals surface area contributed by atoms with Crippen molar-refractivity contribution in [1.82, 2.24) is 4.57 Å². The van der Waals surface area contributed by atoms with Crippen LogP contribution in [0.3, 0.4) is 0 Å². The number of carbonyl (C=O) groups excluding carboxylic acids is 1. The molecule has 0 unspecified atom stereocenters. The number of aryl methyl sites for hydroxylation is 2. The van der Waals surface area contributed by atoms with Crippen LogP contribution < -0.4 is 9.54 Å². The van der Waals surface area contributed by atoms with E-state index in [9.17, 15) is 39.6 Å². The van der Waals surface area contributed by atoms with Crippen molar-refractivity contribution in [2.45, 2.75) is 43.2 Å². The summed E-state index contributed by atoms with van der Waals surface area (Å²) in [5, 5.41) is 0. The molecule has 3 rings (SSSR count). The van der Waals surface area contributed by atoms with Gasteiger partial charge in [0.05, 0.1) is 15.1 Å². The highest BCUT2D eigenvalue weighted by molar-refractivity contribution is 7.85. The molecular weight excluding hydrogens is 526 g/mol. The van der Waals surface area contributed by atoms with Crippen LogP contribution in [0.4, 0.5) is 26.3 Å². The van der Waals surface area contributed by atoms with Gasteiger partial charge in [0, 0.05) is 6.54 Å². The summed E-state index contributed by atoms with van der Waals surface area (Å²) in [6, 6.07) is 8.70. The average molecular weight is 542 g/mol. The number of thiazole rings is 1. The van der Waals surface area contributed by atoms with Gasteiger partial charge in [0.15, 0.2) is 4.80 Å². The zero-order valence-electron chi connectivity index (χ0n) is 17.4. The van der Waals surface area contributed by atoms with Crippen molar-refractivity contribution in [3.05, 3.63) is 52.8 Å². The number of benzene rings is 2. The van der Waals surface area contributed by atoms with E-state index in [1.807, 2.05) is 0 Å². The van der Waals surface area contributed by atoms with Gasteiger partial charge in [0.2, 0.25) is 0 Å². The predicted octanol–water partition coefficient (Wildman–Crippen LogP) is 4.86. The number of fused-ring (bicyclic) bond motifs is 1. The fraction of sp³-hybridized carbons (Fsp3) is 0.300. The van der Waals surface area contributed by atoms with Gasteiger partial charge in [-0.05, 0) is 55.2 Å². The highest BCUT2D eigenvalue weighted by Crippen LogP contribution is 2.28. The molecule has 0 aliphatic rings. The number of hydrogen-bond donors (Lipinski definition) is 1. The zero-order valence-corrected chi connectivity index (χ0v) is 19.1. The van der Waals surface area contributed by atoms with Gasteiger partial charge in [-0.15, -0.1) is 13.2 Å². The van der Waals surface area contributed by atoms with Gasteiger partial charge in [-0.1, -0.05) is 23.5 Å². The van der Waals surface area contributed by atoms with Crippen LogP contribution in [-0.2, 0) is 27.9 Å². The van der Waals surface area contributed by atoms with E-state index in [0.29, 0.717) is 30.6 Å². The first kappa shape index (κ1) is 26.7. The second-order valence-corrected chi connectivity index (χ2v) is 9.64. The van der Waals surface area contributed by atoms with Crippen LogP contribution in [-0.4, -0.2) is 36.0 Å². The summed E-state index contributed by atoms with van der Waals surface area (Å²) in [6.45, 7) is 0.104. The van der Waals surface area contributed by atoms with Crippen LogP contribution in [0.15, 0.2) is 52.4 Å². The Kier molecular flexibility index (Phi) is 7.62. The quantitative estimate of drug-likeness (QED) is 0.261. The molecule has 1 N–H and O–H groups in total. The maximum atomic E-state index is 12.7. The van der Waals surface area contributed by atoms with E-state index in [0.717, 1.165) is 17.7 Å². The lowest BCUT2D eigenvalue weighted by molar-refractivity contribution is -0.274. The third kappa shape index (κ3) is 7.29. The van der Waals surface area contributed by atoms with Crippen molar-refractivity contribution in [3.8, 4) is 5.75 Å². The first-order valence-corrected chi connectivity index (χ1v) is 12.0. The molecule has 0 aliphatic heterocycles. The molecule has 0 saturated heterocycles. The lowest BCUT2D eigenvalue weighted by Crippen LogP contribution is -2.25. The lowest BCUT2D eigenvalue weighted by Gasteiger charge is -2.09. The van der Waals surface area contributed by atoms with Crippen LogP contribution in [0, 0.1) is 0 Å². The van der Waals surface area contributed by atoms with Crippen LogP contribution in [0.5, 0.6) is 5.75 Å². The van der Waals surface area contributed by atoms with Gasteiger partial charge in [0.25, 0.3) is 10.1 Å². The number of nitrogens with zero attached hydrogens (tertiary/aromatic N) is 2. The number of rotatable bonds is 7. The van der Waals surface area contributed by atoms with Gasteiger partial charge >= 0.3 is 18.4 Å². The van der Waals surface area contributed by atoms with Crippen LogP contribution in [0.2, 0.25) is 0 Å². The number of halogens is 6. The van der Waals surface area contributed by atoms with E-state index < -0.39 is 34.3 Å². The first-order valence-electron chi connectivity index (χ1n) is 9.75. The van der Waals surface area contributed by atoms with Crippen molar-refractivity contribution < 1.29 is 48.8 Å². The molecule has 0 bridgehead atoms. The standard InChI is InChI=1S/C20H16F6N2O5S2/c21-19(22,23)17(29)27-18-28(15-9-6-13(11-16(15)34-18)33-20(24,25)26)10-2-1-3-12-4-7-14(8-5-12)35(30,31)32/h4-9,11H,1-3,10H2,(H,30,31,32). The molecule has 0 aliphatic carbocycles. The Morgan fingerprint density at radius 3 is 2.26 bits per heavy atom. The smallest absolute Gasteiger partial charge is 0.406 e. The van der Waals surface area contributed by atoms with Crippen LogP contribution >= 0.6 is 11.3 Å². The highest BCUT2D eigenvalue weighted by atomic mass is 32.2. The summed E-state index contributed by atoms with van der Waals surface area (Å²) in [6.07, 6.45) is -8.82. The van der Waals surface area contributed by atoms with Crippen LogP contribution in [0.1, 0.15) is 18.4 Å². The fourth-order valence-corrected chi connectivity index (χ4v) is 4.69. The molecule has 7 nitrogen and oxygen atoms in total. The summed E-state index contributed by atoms with van der Waals surface area (Å²) in [7, 11) is -4.33. The molecule has 0 spiro atoms. The van der Waals surface area contributed by atoms with Crippen molar-refractivity contribution in [1.29, 1.82) is 0 Å². The molecule has 1 amide bonds. The van der Waals surface area contributed by atoms with Gasteiger partial charge in [-0.2, -0.15) is 26.6 Å². The topological polar surface area (TPSA) is 98.0 Å². The number of alkyl halides is 6. The molecule has 35 heavy (non-hydrogen) atoms. The SMILES string of the molecule is O=C(N=c1sc2cc(OC(F)(F)F)ccc2n1CCCCc1ccc(S(=O)(=O)O)cc1)C(F)(F)F. The molecule has 0 saturated carbocycles. The average Bonchev–Trinajstić information content (AvgIpc) is 3.05. The third-order valence-electron chi connectivity index (χ3n) is 4.65. The Morgan fingerprint density at radius 2 is 1.69 bits per heavy atom. The number of carbonyl (C=O) groups is 1. The third-order valence-corrected chi connectivity index (χ3v) is 6.55. The Hall–Kier alpha value is -2.91. The van der Waals surface area contributed by atoms with Gasteiger partial charge in [-0.3, -0.25) is 9.35 Å². The van der Waals surface area contributed by atoms with Gasteiger partial charge in [0.1, 0.15) is 5.75 Å². The van der Waals surface area contributed by atoms with Crippen molar-refractivity contribution in [2.24, 2.45) is 4.99 Å². The van der Waals surface area contributed by atoms with Crippen LogP contribution in [0.25, 0.3) is 10.2 Å². The summed E-state index contributed by atoms with van der Waals surface area (Å²) in [5.74, 6) is -2.91. The number of aromatic nitrogens is 1. The maximum Gasteiger partial charge on any atom is 0.573 e. The van der Waals surface area contributed by atoms with E-state index >= 15 is 0 Å². The monoisotopic (exact) mass is 542 g/mol. The number of amides is 1. The summed E-state index contributed by atoms with van der Waals surface area (Å²) in [4.78, 5) is 13.9. The fourth-order valence-electron chi connectivity index (χ4n) is 3.13. The minimum atomic E-state index is -5.22.